The van der Waals surface area contributed by atoms with Crippen molar-refractivity contribution in [3.8, 4) is 0 Å². The van der Waals surface area contributed by atoms with Gasteiger partial charge in [-0.05, 0) is 69.7 Å². The van der Waals surface area contributed by atoms with E-state index in [1.165, 1.54) is 4.31 Å². The number of ether oxygens (including phenoxy) is 2. The van der Waals surface area contributed by atoms with E-state index in [2.05, 4.69) is 11.4 Å². The molecular formula is C27H38FN3O6S. The Bertz CT molecular complexity index is 1170. The fourth-order valence-corrected chi connectivity index (χ4v) is 6.10. The number of carbonyl (C=O) groups excluding carboxylic acids is 2. The van der Waals surface area contributed by atoms with Crippen LogP contribution in [-0.4, -0.2) is 80.3 Å². The Morgan fingerprint density at radius 2 is 1.89 bits per heavy atom. The molecule has 2 aliphatic heterocycles. The van der Waals surface area contributed by atoms with E-state index in [-0.39, 0.29) is 17.9 Å². The minimum absolute atomic E-state index is 0.108. The molecular weight excluding hydrogens is 513 g/mol. The molecule has 0 aromatic heterocycles. The van der Waals surface area contributed by atoms with Gasteiger partial charge in [-0.2, -0.15) is 4.31 Å². The minimum atomic E-state index is -3.69. The molecule has 0 spiro atoms. The van der Waals surface area contributed by atoms with Gasteiger partial charge < -0.3 is 14.8 Å². The van der Waals surface area contributed by atoms with Crippen molar-refractivity contribution in [3.63, 3.8) is 0 Å². The number of morpholine rings is 1. The van der Waals surface area contributed by atoms with Gasteiger partial charge in [0.1, 0.15) is 17.8 Å². The molecule has 1 N–H and O–H groups in total. The van der Waals surface area contributed by atoms with Crippen LogP contribution in [0.4, 0.5) is 9.18 Å². The van der Waals surface area contributed by atoms with Crippen LogP contribution in [0.15, 0.2) is 29.2 Å². The maximum absolute atomic E-state index is 14.3. The third-order valence-electron chi connectivity index (χ3n) is 6.84. The zero-order valence-corrected chi connectivity index (χ0v) is 23.3. The smallest absolute Gasteiger partial charge is 0.411 e. The standard InChI is InChI=1S/C27H38FN3O6S/c1-18(29-25(32)24-16-21(28)17-31(24)26(33)37-27(2,3)4)23-10-9-22(15-20(23)8-7-19-5-6-19)38(34,35)30-11-13-36-14-12-30/h7-10,15,18-19,21,24H,5-6,11-14,16-17H2,1-4H3,(H,29,32)/b8-7+/t18-,21+,24-/m0/s1. The summed E-state index contributed by atoms with van der Waals surface area (Å²) in [5.74, 6) is -0.0136. The van der Waals surface area contributed by atoms with Crippen LogP contribution in [-0.2, 0) is 24.3 Å². The topological polar surface area (TPSA) is 105 Å². The summed E-state index contributed by atoms with van der Waals surface area (Å²) < 4.78 is 52.9. The van der Waals surface area contributed by atoms with Crippen molar-refractivity contribution >= 4 is 28.1 Å². The summed E-state index contributed by atoms with van der Waals surface area (Å²) in [4.78, 5) is 27.2. The molecule has 0 radical (unpaired) electrons. The number of hydrogen-bond acceptors (Lipinski definition) is 6. The van der Waals surface area contributed by atoms with Crippen LogP contribution in [0.25, 0.3) is 6.08 Å². The largest absolute Gasteiger partial charge is 0.444 e. The normalized spacial score (nSPS) is 24.0. The predicted octanol–water partition coefficient (Wildman–Crippen LogP) is 3.66. The Hall–Kier alpha value is -2.50. The van der Waals surface area contributed by atoms with Gasteiger partial charge in [0.15, 0.2) is 0 Å². The van der Waals surface area contributed by atoms with E-state index in [0.29, 0.717) is 37.8 Å². The van der Waals surface area contributed by atoms with Crippen molar-refractivity contribution in [1.29, 1.82) is 0 Å². The molecule has 2 heterocycles. The maximum atomic E-state index is 14.3. The first kappa shape index (κ1) is 28.5. The lowest BCUT2D eigenvalue weighted by atomic mass is 10.00. The molecule has 3 aliphatic rings. The van der Waals surface area contributed by atoms with E-state index in [4.69, 9.17) is 9.47 Å². The van der Waals surface area contributed by atoms with Gasteiger partial charge in [-0.3, -0.25) is 9.69 Å². The van der Waals surface area contributed by atoms with Gasteiger partial charge in [-0.15, -0.1) is 0 Å². The lowest BCUT2D eigenvalue weighted by Crippen LogP contribution is -2.48. The Labute approximate surface area is 224 Å². The molecule has 2 saturated heterocycles. The summed E-state index contributed by atoms with van der Waals surface area (Å²) in [6.45, 7) is 8.04. The highest BCUT2D eigenvalue weighted by molar-refractivity contribution is 7.89. The van der Waals surface area contributed by atoms with Gasteiger partial charge in [0, 0.05) is 19.5 Å². The molecule has 0 bridgehead atoms. The first-order valence-corrected chi connectivity index (χ1v) is 14.6. The van der Waals surface area contributed by atoms with Crippen LogP contribution in [0.3, 0.4) is 0 Å². The molecule has 1 aromatic rings. The zero-order valence-electron chi connectivity index (χ0n) is 22.5. The zero-order chi connectivity index (χ0) is 27.7. The molecule has 38 heavy (non-hydrogen) atoms. The lowest BCUT2D eigenvalue weighted by molar-refractivity contribution is -0.126. The average molecular weight is 552 g/mol. The monoisotopic (exact) mass is 551 g/mol. The number of carbonyl (C=O) groups is 2. The lowest BCUT2D eigenvalue weighted by Gasteiger charge is -2.29. The molecule has 3 fully saturated rings. The summed E-state index contributed by atoms with van der Waals surface area (Å²) in [5.41, 5.74) is 0.652. The third kappa shape index (κ3) is 6.92. The molecule has 9 nitrogen and oxygen atoms in total. The second-order valence-corrected chi connectivity index (χ2v) is 13.2. The van der Waals surface area contributed by atoms with Crippen LogP contribution in [0.1, 0.15) is 64.1 Å². The highest BCUT2D eigenvalue weighted by atomic mass is 32.2. The van der Waals surface area contributed by atoms with Crippen molar-refractivity contribution in [2.45, 2.75) is 75.7 Å². The van der Waals surface area contributed by atoms with E-state index < -0.39 is 45.9 Å². The van der Waals surface area contributed by atoms with E-state index in [0.717, 1.165) is 23.3 Å². The van der Waals surface area contributed by atoms with E-state index in [1.807, 2.05) is 6.08 Å². The predicted molar refractivity (Wildman–Crippen MR) is 141 cm³/mol. The van der Waals surface area contributed by atoms with Gasteiger partial charge in [-0.25, -0.2) is 17.6 Å². The SMILES string of the molecule is C[C@H](NC(=O)[C@@H]1C[C@@H](F)CN1C(=O)OC(C)(C)C)c1ccc(S(=O)(=O)N2CCOCC2)cc1/C=C/C1CC1. The average Bonchev–Trinajstić information content (AvgIpc) is 3.60. The van der Waals surface area contributed by atoms with Gasteiger partial charge in [0.2, 0.25) is 15.9 Å². The van der Waals surface area contributed by atoms with Gasteiger partial charge in [0.25, 0.3) is 0 Å². The van der Waals surface area contributed by atoms with Crippen molar-refractivity contribution in [2.24, 2.45) is 5.92 Å². The van der Waals surface area contributed by atoms with Crippen molar-refractivity contribution < 1.29 is 31.9 Å². The molecule has 3 atom stereocenters. The fourth-order valence-electron chi connectivity index (χ4n) is 4.66. The summed E-state index contributed by atoms with van der Waals surface area (Å²) >= 11 is 0. The van der Waals surface area contributed by atoms with Crippen molar-refractivity contribution in [3.05, 3.63) is 35.4 Å². The number of nitrogens with zero attached hydrogens (tertiary/aromatic N) is 2. The van der Waals surface area contributed by atoms with Gasteiger partial charge in [-0.1, -0.05) is 18.2 Å². The number of nitrogens with one attached hydrogen (secondary N) is 1. The Morgan fingerprint density at radius 3 is 2.53 bits per heavy atom. The Morgan fingerprint density at radius 1 is 1.21 bits per heavy atom. The number of amides is 2. The number of rotatable bonds is 7. The van der Waals surface area contributed by atoms with Crippen LogP contribution < -0.4 is 5.32 Å². The number of likely N-dealkylation sites (tertiary alicyclic amines) is 1. The third-order valence-corrected chi connectivity index (χ3v) is 8.74. The molecule has 2 amide bonds. The number of allylic oxidation sites excluding steroid dienone is 1. The highest BCUT2D eigenvalue weighted by Gasteiger charge is 2.42. The molecule has 4 rings (SSSR count). The minimum Gasteiger partial charge on any atom is -0.444 e. The van der Waals surface area contributed by atoms with Crippen LogP contribution >= 0.6 is 0 Å². The van der Waals surface area contributed by atoms with Crippen LogP contribution in [0.5, 0.6) is 0 Å². The highest BCUT2D eigenvalue weighted by Crippen LogP contribution is 2.33. The number of alkyl halides is 1. The van der Waals surface area contributed by atoms with E-state index in [1.54, 1.807) is 45.9 Å². The summed E-state index contributed by atoms with van der Waals surface area (Å²) in [6.07, 6.45) is 4.00. The molecule has 210 valence electrons. The second kappa shape index (κ2) is 11.3. The van der Waals surface area contributed by atoms with Gasteiger partial charge >= 0.3 is 6.09 Å². The van der Waals surface area contributed by atoms with Crippen LogP contribution in [0, 0.1) is 5.92 Å². The molecule has 11 heteroatoms. The number of halogens is 1. The van der Waals surface area contributed by atoms with Crippen LogP contribution in [0.2, 0.25) is 0 Å². The summed E-state index contributed by atoms with van der Waals surface area (Å²) in [5, 5.41) is 2.91. The summed E-state index contributed by atoms with van der Waals surface area (Å²) in [7, 11) is -3.69. The van der Waals surface area contributed by atoms with Crippen molar-refractivity contribution in [1.82, 2.24) is 14.5 Å². The number of hydrogen-bond donors (Lipinski definition) is 1. The quantitative estimate of drug-likeness (QED) is 0.555. The molecule has 1 aliphatic carbocycles. The molecule has 1 aromatic carbocycles. The number of sulfonamides is 1. The Kier molecular flexibility index (Phi) is 8.49. The van der Waals surface area contributed by atoms with E-state index >= 15 is 0 Å². The first-order valence-electron chi connectivity index (χ1n) is 13.2. The fraction of sp³-hybridized carbons (Fsp3) is 0.630. The van der Waals surface area contributed by atoms with Gasteiger partial charge in [0.05, 0.1) is 30.7 Å². The van der Waals surface area contributed by atoms with E-state index in [9.17, 15) is 22.4 Å². The maximum Gasteiger partial charge on any atom is 0.411 e. The first-order chi connectivity index (χ1) is 17.8. The number of benzene rings is 1. The Balaban J connectivity index is 1.54. The summed E-state index contributed by atoms with van der Waals surface area (Å²) in [6, 6.07) is 3.40. The molecule has 1 saturated carbocycles. The van der Waals surface area contributed by atoms with Crippen molar-refractivity contribution in [2.75, 3.05) is 32.8 Å². The molecule has 0 unspecified atom stereocenters. The second-order valence-electron chi connectivity index (χ2n) is 11.2.